The minimum atomic E-state index is 0.184. The number of hydrogen-bond acceptors (Lipinski definition) is 6. The van der Waals surface area contributed by atoms with Crippen LogP contribution in [-0.2, 0) is 4.74 Å². The third kappa shape index (κ3) is 3.69. The van der Waals surface area contributed by atoms with Gasteiger partial charge in [0, 0.05) is 31.7 Å². The van der Waals surface area contributed by atoms with Crippen molar-refractivity contribution in [3.63, 3.8) is 0 Å². The molecule has 1 aromatic rings. The zero-order valence-corrected chi connectivity index (χ0v) is 11.2. The third-order valence-electron chi connectivity index (χ3n) is 2.96. The number of ether oxygens (including phenoxy) is 1. The Morgan fingerprint density at radius 2 is 2.22 bits per heavy atom. The van der Waals surface area contributed by atoms with Gasteiger partial charge in [-0.15, -0.1) is 0 Å². The SMILES string of the molecule is C[C@@H](CNc1cc(Cl)nc(N)n1)N1CCOCC1. The van der Waals surface area contributed by atoms with Gasteiger partial charge in [-0.25, -0.2) is 4.98 Å². The zero-order chi connectivity index (χ0) is 13.0. The maximum Gasteiger partial charge on any atom is 0.223 e. The second kappa shape index (κ2) is 6.17. The predicted octanol–water partition coefficient (Wildman–Crippen LogP) is 0.845. The molecule has 1 saturated heterocycles. The number of hydrogen-bond donors (Lipinski definition) is 2. The van der Waals surface area contributed by atoms with Crippen LogP contribution in [-0.4, -0.2) is 53.8 Å². The molecule has 1 aromatic heterocycles. The summed E-state index contributed by atoms with van der Waals surface area (Å²) in [7, 11) is 0. The minimum absolute atomic E-state index is 0.184. The van der Waals surface area contributed by atoms with E-state index in [1.54, 1.807) is 6.07 Å². The number of aromatic nitrogens is 2. The summed E-state index contributed by atoms with van der Waals surface area (Å²) in [5.74, 6) is 0.844. The van der Waals surface area contributed by atoms with Gasteiger partial charge in [0.15, 0.2) is 0 Å². The van der Waals surface area contributed by atoms with Crippen LogP contribution in [0.15, 0.2) is 6.07 Å². The first-order valence-corrected chi connectivity index (χ1v) is 6.38. The Labute approximate surface area is 111 Å². The molecular weight excluding hydrogens is 254 g/mol. The van der Waals surface area contributed by atoms with E-state index in [9.17, 15) is 0 Å². The van der Waals surface area contributed by atoms with Gasteiger partial charge in [0.25, 0.3) is 0 Å². The maximum absolute atomic E-state index is 5.82. The van der Waals surface area contributed by atoms with E-state index in [1.807, 2.05) is 0 Å². The number of morpholine rings is 1. The van der Waals surface area contributed by atoms with Crippen molar-refractivity contribution in [1.29, 1.82) is 0 Å². The van der Waals surface area contributed by atoms with Crippen molar-refractivity contribution in [2.75, 3.05) is 43.9 Å². The number of anilines is 2. The van der Waals surface area contributed by atoms with E-state index in [-0.39, 0.29) is 5.95 Å². The largest absolute Gasteiger partial charge is 0.379 e. The van der Waals surface area contributed by atoms with Crippen molar-refractivity contribution < 1.29 is 4.74 Å². The molecule has 0 unspecified atom stereocenters. The Hall–Kier alpha value is -1.11. The number of rotatable bonds is 4. The number of halogens is 1. The molecule has 0 spiro atoms. The molecule has 7 heteroatoms. The van der Waals surface area contributed by atoms with Crippen LogP contribution in [0.1, 0.15) is 6.92 Å². The summed E-state index contributed by atoms with van der Waals surface area (Å²) in [6.45, 7) is 6.50. The van der Waals surface area contributed by atoms with Crippen LogP contribution in [0.4, 0.5) is 11.8 Å². The summed E-state index contributed by atoms with van der Waals surface area (Å²) >= 11 is 5.82. The van der Waals surface area contributed by atoms with E-state index in [1.165, 1.54) is 0 Å². The number of nitrogens with one attached hydrogen (secondary N) is 1. The van der Waals surface area contributed by atoms with Gasteiger partial charge in [-0.05, 0) is 6.92 Å². The molecule has 18 heavy (non-hydrogen) atoms. The van der Waals surface area contributed by atoms with Crippen LogP contribution >= 0.6 is 11.6 Å². The highest BCUT2D eigenvalue weighted by Crippen LogP contribution is 2.13. The Balaban J connectivity index is 1.86. The van der Waals surface area contributed by atoms with Gasteiger partial charge in [-0.2, -0.15) is 4.98 Å². The summed E-state index contributed by atoms with van der Waals surface area (Å²) in [5.41, 5.74) is 5.54. The molecule has 1 atom stereocenters. The molecule has 1 aliphatic rings. The molecule has 0 radical (unpaired) electrons. The molecule has 1 aliphatic heterocycles. The van der Waals surface area contributed by atoms with Crippen molar-refractivity contribution in [2.24, 2.45) is 0 Å². The van der Waals surface area contributed by atoms with Gasteiger partial charge in [-0.1, -0.05) is 11.6 Å². The third-order valence-corrected chi connectivity index (χ3v) is 3.15. The van der Waals surface area contributed by atoms with Crippen molar-refractivity contribution in [3.8, 4) is 0 Å². The van der Waals surface area contributed by atoms with Crippen LogP contribution in [0.3, 0.4) is 0 Å². The quantitative estimate of drug-likeness (QED) is 0.791. The lowest BCUT2D eigenvalue weighted by molar-refractivity contribution is 0.0227. The molecule has 0 saturated carbocycles. The number of nitrogens with zero attached hydrogens (tertiary/aromatic N) is 3. The molecule has 2 heterocycles. The summed E-state index contributed by atoms with van der Waals surface area (Å²) in [4.78, 5) is 10.3. The van der Waals surface area contributed by atoms with Crippen molar-refractivity contribution in [1.82, 2.24) is 14.9 Å². The lowest BCUT2D eigenvalue weighted by atomic mass is 10.2. The van der Waals surface area contributed by atoms with Crippen molar-refractivity contribution in [2.45, 2.75) is 13.0 Å². The van der Waals surface area contributed by atoms with E-state index in [0.717, 1.165) is 32.8 Å². The van der Waals surface area contributed by atoms with Crippen LogP contribution in [0.2, 0.25) is 5.15 Å². The molecule has 0 bridgehead atoms. The highest BCUT2D eigenvalue weighted by atomic mass is 35.5. The van der Waals surface area contributed by atoms with Gasteiger partial charge < -0.3 is 15.8 Å². The van der Waals surface area contributed by atoms with Crippen LogP contribution in [0.25, 0.3) is 0 Å². The summed E-state index contributed by atoms with van der Waals surface area (Å²) in [5, 5.41) is 3.58. The second-order valence-electron chi connectivity index (χ2n) is 4.31. The van der Waals surface area contributed by atoms with Gasteiger partial charge in [-0.3, -0.25) is 4.90 Å². The predicted molar refractivity (Wildman–Crippen MR) is 71.8 cm³/mol. The van der Waals surface area contributed by atoms with Gasteiger partial charge in [0.05, 0.1) is 13.2 Å². The highest BCUT2D eigenvalue weighted by Gasteiger charge is 2.16. The van der Waals surface area contributed by atoms with Crippen molar-refractivity contribution in [3.05, 3.63) is 11.2 Å². The minimum Gasteiger partial charge on any atom is -0.379 e. The van der Waals surface area contributed by atoms with Crippen LogP contribution in [0, 0.1) is 0 Å². The Bertz CT molecular complexity index is 377. The Morgan fingerprint density at radius 1 is 1.50 bits per heavy atom. The fourth-order valence-corrected chi connectivity index (χ4v) is 2.12. The Kier molecular flexibility index (Phi) is 4.57. The van der Waals surface area contributed by atoms with Gasteiger partial charge in [0.1, 0.15) is 11.0 Å². The summed E-state index contributed by atoms with van der Waals surface area (Å²) in [6, 6.07) is 2.08. The molecule has 0 aliphatic carbocycles. The standard InChI is InChI=1S/C11H18ClN5O/c1-8(17-2-4-18-5-3-17)7-14-10-6-9(12)15-11(13)16-10/h6,8H,2-5,7H2,1H3,(H3,13,14,15,16)/t8-/m0/s1. The molecule has 100 valence electrons. The van der Waals surface area contributed by atoms with Gasteiger partial charge in [0.2, 0.25) is 5.95 Å². The monoisotopic (exact) mass is 271 g/mol. The lowest BCUT2D eigenvalue weighted by Crippen LogP contribution is -2.45. The van der Waals surface area contributed by atoms with Gasteiger partial charge >= 0.3 is 0 Å². The van der Waals surface area contributed by atoms with Crippen LogP contribution < -0.4 is 11.1 Å². The first-order chi connectivity index (χ1) is 8.65. The summed E-state index contributed by atoms with van der Waals surface area (Å²) < 4.78 is 5.33. The molecule has 3 N–H and O–H groups in total. The first-order valence-electron chi connectivity index (χ1n) is 6.01. The maximum atomic E-state index is 5.82. The normalized spacial score (nSPS) is 18.6. The average Bonchev–Trinajstić information content (AvgIpc) is 2.36. The molecule has 6 nitrogen and oxygen atoms in total. The fraction of sp³-hybridized carbons (Fsp3) is 0.636. The van der Waals surface area contributed by atoms with E-state index >= 15 is 0 Å². The number of nitrogens with two attached hydrogens (primary N) is 1. The topological polar surface area (TPSA) is 76.3 Å². The molecule has 2 rings (SSSR count). The zero-order valence-electron chi connectivity index (χ0n) is 10.4. The Morgan fingerprint density at radius 3 is 2.89 bits per heavy atom. The second-order valence-corrected chi connectivity index (χ2v) is 4.70. The van der Waals surface area contributed by atoms with Crippen molar-refractivity contribution >= 4 is 23.4 Å². The number of nitrogen functional groups attached to an aromatic ring is 1. The molecule has 1 fully saturated rings. The molecule has 0 amide bonds. The van der Waals surface area contributed by atoms with E-state index in [2.05, 4.69) is 27.1 Å². The average molecular weight is 272 g/mol. The highest BCUT2D eigenvalue weighted by molar-refractivity contribution is 6.29. The summed E-state index contributed by atoms with van der Waals surface area (Å²) in [6.07, 6.45) is 0. The van der Waals surface area contributed by atoms with E-state index in [4.69, 9.17) is 22.1 Å². The van der Waals surface area contributed by atoms with E-state index < -0.39 is 0 Å². The fourth-order valence-electron chi connectivity index (χ4n) is 1.93. The lowest BCUT2D eigenvalue weighted by Gasteiger charge is -2.32. The van der Waals surface area contributed by atoms with Crippen LogP contribution in [0.5, 0.6) is 0 Å². The molecular formula is C11H18ClN5O. The van der Waals surface area contributed by atoms with E-state index in [0.29, 0.717) is 17.0 Å². The first kappa shape index (κ1) is 13.3. The smallest absolute Gasteiger partial charge is 0.223 e. The molecule has 0 aromatic carbocycles.